The summed E-state index contributed by atoms with van der Waals surface area (Å²) in [6.45, 7) is 4.57. The van der Waals surface area contributed by atoms with Crippen molar-refractivity contribution in [3.8, 4) is 0 Å². The van der Waals surface area contributed by atoms with Crippen molar-refractivity contribution in [2.24, 2.45) is 5.41 Å². The molecule has 1 aliphatic heterocycles. The number of carbonyl (C=O) groups excluding carboxylic acids is 1. The van der Waals surface area contributed by atoms with Gasteiger partial charge in [0.2, 0.25) is 5.91 Å². The zero-order chi connectivity index (χ0) is 10.8. The van der Waals surface area contributed by atoms with Gasteiger partial charge in [-0.25, -0.2) is 0 Å². The minimum atomic E-state index is -0.468. The van der Waals surface area contributed by atoms with E-state index in [9.17, 15) is 9.18 Å². The van der Waals surface area contributed by atoms with Crippen LogP contribution in [-0.4, -0.2) is 35.9 Å². The van der Waals surface area contributed by atoms with E-state index in [0.717, 1.165) is 12.8 Å². The van der Waals surface area contributed by atoms with E-state index in [4.69, 9.17) is 11.6 Å². The van der Waals surface area contributed by atoms with Gasteiger partial charge in [0, 0.05) is 13.1 Å². The highest BCUT2D eigenvalue weighted by molar-refractivity contribution is 6.30. The molecule has 1 rings (SSSR count). The number of rotatable bonds is 2. The van der Waals surface area contributed by atoms with E-state index in [1.807, 2.05) is 6.92 Å². The van der Waals surface area contributed by atoms with Crippen LogP contribution in [-0.2, 0) is 4.79 Å². The Bertz CT molecular complexity index is 212. The maximum absolute atomic E-state index is 12.6. The number of amides is 1. The quantitative estimate of drug-likeness (QED) is 0.655. The van der Waals surface area contributed by atoms with Crippen LogP contribution >= 0.6 is 11.6 Å². The summed E-state index contributed by atoms with van der Waals surface area (Å²) in [4.78, 5) is 13.2. The summed E-state index contributed by atoms with van der Waals surface area (Å²) in [5, 5.41) is -0.468. The SMILES string of the molecule is C[C@H](Cl)C(=O)N1CCC(C)(CF)CC1. The molecule has 2 nitrogen and oxygen atoms in total. The maximum Gasteiger partial charge on any atom is 0.240 e. The van der Waals surface area contributed by atoms with Crippen LogP contribution in [0.1, 0.15) is 26.7 Å². The van der Waals surface area contributed by atoms with Gasteiger partial charge in [-0.3, -0.25) is 9.18 Å². The first kappa shape index (κ1) is 11.8. The summed E-state index contributed by atoms with van der Waals surface area (Å²) in [6.07, 6.45) is 1.47. The highest BCUT2D eigenvalue weighted by atomic mass is 35.5. The Kier molecular flexibility index (Phi) is 3.76. The number of likely N-dealkylation sites (tertiary alicyclic amines) is 1. The molecule has 1 aliphatic rings. The number of piperidine rings is 1. The number of nitrogens with zero attached hydrogens (tertiary/aromatic N) is 1. The lowest BCUT2D eigenvalue weighted by Gasteiger charge is -2.38. The van der Waals surface area contributed by atoms with E-state index >= 15 is 0 Å². The molecule has 1 fully saturated rings. The van der Waals surface area contributed by atoms with Crippen molar-refractivity contribution in [3.05, 3.63) is 0 Å². The van der Waals surface area contributed by atoms with Gasteiger partial charge < -0.3 is 4.90 Å². The fourth-order valence-corrected chi connectivity index (χ4v) is 1.79. The van der Waals surface area contributed by atoms with E-state index in [0.29, 0.717) is 13.1 Å². The van der Waals surface area contributed by atoms with Crippen molar-refractivity contribution in [1.29, 1.82) is 0 Å². The Hall–Kier alpha value is -0.310. The molecule has 0 aromatic carbocycles. The summed E-state index contributed by atoms with van der Waals surface area (Å²) >= 11 is 5.70. The van der Waals surface area contributed by atoms with Crippen LogP contribution in [0.15, 0.2) is 0 Å². The normalized spacial score (nSPS) is 23.3. The molecule has 0 aromatic rings. The summed E-state index contributed by atoms with van der Waals surface area (Å²) in [5.41, 5.74) is -0.230. The third-order valence-corrected chi connectivity index (χ3v) is 3.13. The average molecular weight is 222 g/mol. The van der Waals surface area contributed by atoms with Crippen molar-refractivity contribution in [1.82, 2.24) is 4.90 Å². The first-order chi connectivity index (χ1) is 6.48. The molecule has 0 bridgehead atoms. The third-order valence-electron chi connectivity index (χ3n) is 2.95. The van der Waals surface area contributed by atoms with Crippen LogP contribution in [0.2, 0.25) is 0 Å². The number of carbonyl (C=O) groups is 1. The topological polar surface area (TPSA) is 20.3 Å². The van der Waals surface area contributed by atoms with Crippen LogP contribution in [0, 0.1) is 5.41 Å². The summed E-state index contributed by atoms with van der Waals surface area (Å²) in [5.74, 6) is -0.0347. The van der Waals surface area contributed by atoms with Crippen molar-refractivity contribution >= 4 is 17.5 Å². The van der Waals surface area contributed by atoms with Gasteiger partial charge in [0.25, 0.3) is 0 Å². The Balaban J connectivity index is 2.47. The molecule has 82 valence electrons. The second-order valence-electron chi connectivity index (χ2n) is 4.39. The Morgan fingerprint density at radius 3 is 2.43 bits per heavy atom. The molecule has 0 spiro atoms. The largest absolute Gasteiger partial charge is 0.341 e. The zero-order valence-corrected chi connectivity index (χ0v) is 9.48. The zero-order valence-electron chi connectivity index (χ0n) is 8.72. The first-order valence-electron chi connectivity index (χ1n) is 4.97. The van der Waals surface area contributed by atoms with E-state index in [-0.39, 0.29) is 18.0 Å². The lowest BCUT2D eigenvalue weighted by molar-refractivity contribution is -0.132. The van der Waals surface area contributed by atoms with E-state index in [1.165, 1.54) is 0 Å². The Morgan fingerprint density at radius 1 is 1.57 bits per heavy atom. The highest BCUT2D eigenvalue weighted by Gasteiger charge is 2.32. The summed E-state index contributed by atoms with van der Waals surface area (Å²) in [6, 6.07) is 0. The van der Waals surface area contributed by atoms with Gasteiger partial charge in [0.1, 0.15) is 5.38 Å². The second kappa shape index (κ2) is 4.47. The van der Waals surface area contributed by atoms with E-state index in [2.05, 4.69) is 0 Å². The van der Waals surface area contributed by atoms with E-state index < -0.39 is 5.38 Å². The number of alkyl halides is 2. The van der Waals surface area contributed by atoms with Gasteiger partial charge in [-0.1, -0.05) is 6.92 Å². The lowest BCUT2D eigenvalue weighted by atomic mass is 9.82. The fourth-order valence-electron chi connectivity index (χ4n) is 1.65. The highest BCUT2D eigenvalue weighted by Crippen LogP contribution is 2.31. The molecule has 0 saturated carbocycles. The predicted molar refractivity (Wildman–Crippen MR) is 55.2 cm³/mol. The Morgan fingerprint density at radius 2 is 2.07 bits per heavy atom. The molecule has 1 amide bonds. The predicted octanol–water partition coefficient (Wildman–Crippen LogP) is 2.21. The molecular weight excluding hydrogens is 205 g/mol. The molecule has 0 unspecified atom stereocenters. The summed E-state index contributed by atoms with van der Waals surface area (Å²) < 4.78 is 12.6. The first-order valence-corrected chi connectivity index (χ1v) is 5.41. The standard InChI is InChI=1S/C10H17ClFNO/c1-8(11)9(14)13-5-3-10(2,7-12)4-6-13/h8H,3-7H2,1-2H3/t8-/m0/s1. The molecule has 0 aromatic heterocycles. The molecule has 4 heteroatoms. The molecule has 1 saturated heterocycles. The van der Waals surface area contributed by atoms with Crippen LogP contribution in [0.25, 0.3) is 0 Å². The van der Waals surface area contributed by atoms with Crippen molar-refractivity contribution in [2.45, 2.75) is 32.1 Å². The minimum Gasteiger partial charge on any atom is -0.341 e. The van der Waals surface area contributed by atoms with Crippen molar-refractivity contribution in [2.75, 3.05) is 19.8 Å². The molecule has 0 radical (unpaired) electrons. The smallest absolute Gasteiger partial charge is 0.240 e. The van der Waals surface area contributed by atoms with E-state index in [1.54, 1.807) is 11.8 Å². The van der Waals surface area contributed by atoms with Crippen LogP contribution in [0.3, 0.4) is 0 Å². The van der Waals surface area contributed by atoms with Gasteiger partial charge in [-0.05, 0) is 25.2 Å². The molecule has 1 atom stereocenters. The number of hydrogen-bond donors (Lipinski definition) is 0. The van der Waals surface area contributed by atoms with Crippen LogP contribution in [0.4, 0.5) is 4.39 Å². The number of hydrogen-bond acceptors (Lipinski definition) is 1. The summed E-state index contributed by atoms with van der Waals surface area (Å²) in [7, 11) is 0. The van der Waals surface area contributed by atoms with Gasteiger partial charge in [0.05, 0.1) is 6.67 Å². The molecule has 1 heterocycles. The van der Waals surface area contributed by atoms with Gasteiger partial charge in [0.15, 0.2) is 0 Å². The van der Waals surface area contributed by atoms with Gasteiger partial charge in [-0.15, -0.1) is 11.6 Å². The molecule has 14 heavy (non-hydrogen) atoms. The van der Waals surface area contributed by atoms with Crippen LogP contribution in [0.5, 0.6) is 0 Å². The van der Waals surface area contributed by atoms with Crippen molar-refractivity contribution < 1.29 is 9.18 Å². The van der Waals surface area contributed by atoms with Gasteiger partial charge in [-0.2, -0.15) is 0 Å². The fraction of sp³-hybridized carbons (Fsp3) is 0.900. The van der Waals surface area contributed by atoms with Gasteiger partial charge >= 0.3 is 0 Å². The molecule has 0 aliphatic carbocycles. The van der Waals surface area contributed by atoms with Crippen LogP contribution < -0.4 is 0 Å². The van der Waals surface area contributed by atoms with Crippen molar-refractivity contribution in [3.63, 3.8) is 0 Å². The molecular formula is C10H17ClFNO. The lowest BCUT2D eigenvalue weighted by Crippen LogP contribution is -2.45. The average Bonchev–Trinajstić information content (AvgIpc) is 2.18. The number of halogens is 2. The maximum atomic E-state index is 12.6. The monoisotopic (exact) mass is 221 g/mol. The third kappa shape index (κ3) is 2.59. The molecule has 0 N–H and O–H groups in total. The Labute approximate surface area is 89.4 Å². The second-order valence-corrected chi connectivity index (χ2v) is 5.04. The minimum absolute atomic E-state index is 0.0347.